The molecule has 0 spiro atoms. The Bertz CT molecular complexity index is 1140. The van der Waals surface area contributed by atoms with Crippen molar-refractivity contribution < 1.29 is 28.0 Å². The van der Waals surface area contributed by atoms with Crippen LogP contribution in [-0.4, -0.2) is 37.6 Å². The van der Waals surface area contributed by atoms with Crippen molar-refractivity contribution in [1.82, 2.24) is 25.3 Å². The highest BCUT2D eigenvalue weighted by atomic mass is 19.4. The number of alkyl halides is 3. The topological polar surface area (TPSA) is 109 Å². The Hall–Kier alpha value is -3.47. The van der Waals surface area contributed by atoms with Crippen LogP contribution in [0.5, 0.6) is 0 Å². The highest BCUT2D eigenvalue weighted by Crippen LogP contribution is 2.32. The maximum Gasteiger partial charge on any atom is 0.449 e. The number of halogens is 3. The lowest BCUT2D eigenvalue weighted by atomic mass is 10.0. The summed E-state index contributed by atoms with van der Waals surface area (Å²) in [5, 5.41) is 11.6. The van der Waals surface area contributed by atoms with E-state index in [1.54, 1.807) is 23.7 Å². The summed E-state index contributed by atoms with van der Waals surface area (Å²) in [4.78, 5) is 32.1. The second-order valence-electron chi connectivity index (χ2n) is 7.64. The lowest BCUT2D eigenvalue weighted by molar-refractivity contribution is -0.146. The maximum absolute atomic E-state index is 13.5. The van der Waals surface area contributed by atoms with Gasteiger partial charge in [0, 0.05) is 12.2 Å². The van der Waals surface area contributed by atoms with Gasteiger partial charge < -0.3 is 9.88 Å². The number of nitrogens with one attached hydrogen (secondary N) is 2. The second-order valence-corrected chi connectivity index (χ2v) is 7.64. The summed E-state index contributed by atoms with van der Waals surface area (Å²) in [6.45, 7) is -0.168. The van der Waals surface area contributed by atoms with Crippen molar-refractivity contribution in [3.63, 3.8) is 0 Å². The Morgan fingerprint density at radius 1 is 1.16 bits per heavy atom. The third-order valence-corrected chi connectivity index (χ3v) is 5.59. The average Bonchev–Trinajstić information content (AvgIpc) is 3.38. The van der Waals surface area contributed by atoms with Crippen molar-refractivity contribution in [3.05, 3.63) is 59.7 Å². The number of pyridine rings is 1. The number of rotatable bonds is 5. The number of carbonyl (C=O) groups is 2. The number of carbonyl (C=O) groups excluding carboxylic acids is 2. The lowest BCUT2D eigenvalue weighted by Crippen LogP contribution is -2.43. The molecular weight excluding hydrogens is 427 g/mol. The summed E-state index contributed by atoms with van der Waals surface area (Å²) < 4.78 is 41.4. The van der Waals surface area contributed by atoms with Gasteiger partial charge in [-0.05, 0) is 37.1 Å². The minimum absolute atomic E-state index is 0.168. The first-order chi connectivity index (χ1) is 15.3. The second kappa shape index (κ2) is 8.58. The molecule has 1 fully saturated rings. The number of nitrogens with zero attached hydrogens (tertiary/aromatic N) is 3. The van der Waals surface area contributed by atoms with Crippen LogP contribution in [0.1, 0.15) is 41.1 Å². The Kier molecular flexibility index (Phi) is 5.83. The highest BCUT2D eigenvalue weighted by Gasteiger charge is 2.38. The quantitative estimate of drug-likeness (QED) is 0.412. The van der Waals surface area contributed by atoms with E-state index in [1.807, 2.05) is 0 Å². The molecule has 8 nitrogen and oxygen atoms in total. The first-order valence-electron chi connectivity index (χ1n) is 10.00. The molecule has 0 unspecified atom stereocenters. The molecule has 1 saturated carbocycles. The van der Waals surface area contributed by atoms with Crippen LogP contribution < -0.4 is 10.8 Å². The van der Waals surface area contributed by atoms with Gasteiger partial charge in [-0.15, -0.1) is 0 Å². The zero-order chi connectivity index (χ0) is 22.9. The van der Waals surface area contributed by atoms with Crippen LogP contribution >= 0.6 is 0 Å². The fraction of sp³-hybridized carbons (Fsp3) is 0.333. The monoisotopic (exact) mass is 447 g/mol. The number of aromatic nitrogens is 3. The Morgan fingerprint density at radius 2 is 1.94 bits per heavy atom. The van der Waals surface area contributed by atoms with Gasteiger partial charge in [-0.3, -0.25) is 19.8 Å². The summed E-state index contributed by atoms with van der Waals surface area (Å²) in [6, 6.07) is 8.85. The van der Waals surface area contributed by atoms with Crippen LogP contribution in [0.4, 0.5) is 13.2 Å². The molecule has 1 aliphatic rings. The maximum atomic E-state index is 13.5. The third kappa shape index (κ3) is 4.28. The van der Waals surface area contributed by atoms with Crippen LogP contribution in [0.2, 0.25) is 0 Å². The van der Waals surface area contributed by atoms with E-state index in [1.165, 1.54) is 24.4 Å². The van der Waals surface area contributed by atoms with E-state index in [2.05, 4.69) is 15.3 Å². The van der Waals surface area contributed by atoms with Gasteiger partial charge in [0.15, 0.2) is 0 Å². The molecule has 3 N–H and O–H groups in total. The van der Waals surface area contributed by atoms with Gasteiger partial charge in [0.2, 0.25) is 11.7 Å². The molecule has 1 aliphatic carbocycles. The minimum atomic E-state index is -4.63. The Morgan fingerprint density at radius 3 is 2.62 bits per heavy atom. The normalized spacial score (nSPS) is 18.6. The molecule has 0 saturated heterocycles. The van der Waals surface area contributed by atoms with Gasteiger partial charge in [0.1, 0.15) is 0 Å². The van der Waals surface area contributed by atoms with E-state index in [0.29, 0.717) is 24.1 Å². The number of hydrogen-bond donors (Lipinski definition) is 3. The fourth-order valence-electron chi connectivity index (χ4n) is 4.05. The molecule has 1 aromatic carbocycles. The van der Waals surface area contributed by atoms with Crippen molar-refractivity contribution in [1.29, 1.82) is 0 Å². The predicted octanol–water partition coefficient (Wildman–Crippen LogP) is 2.90. The molecular formula is C21H20F3N5O3. The molecule has 2 amide bonds. The van der Waals surface area contributed by atoms with E-state index < -0.39 is 35.8 Å². The van der Waals surface area contributed by atoms with Gasteiger partial charge in [-0.25, -0.2) is 10.5 Å². The van der Waals surface area contributed by atoms with Crippen LogP contribution in [0.15, 0.2) is 42.6 Å². The van der Waals surface area contributed by atoms with Crippen LogP contribution in [0.3, 0.4) is 0 Å². The molecule has 2 aromatic heterocycles. The average molecular weight is 447 g/mol. The summed E-state index contributed by atoms with van der Waals surface area (Å²) in [7, 11) is 0. The molecule has 0 bridgehead atoms. The van der Waals surface area contributed by atoms with E-state index in [9.17, 15) is 22.8 Å². The van der Waals surface area contributed by atoms with E-state index in [4.69, 9.17) is 5.21 Å². The Labute approximate surface area is 180 Å². The first kappa shape index (κ1) is 21.8. The first-order valence-corrected chi connectivity index (χ1v) is 10.00. The number of hydrogen-bond acceptors (Lipinski definition) is 5. The van der Waals surface area contributed by atoms with Crippen molar-refractivity contribution in [2.45, 2.75) is 38.0 Å². The summed E-state index contributed by atoms with van der Waals surface area (Å²) in [5.74, 6) is -2.53. The standard InChI is InChI=1S/C21H20F3N5O3/c22-21(23,24)20-27-16-5-1-2-7-17(16)29(20)11-13-9-8-12(10-25-13)18(30)26-15-6-3-4-14(15)19(31)28-32/h1-2,5,7-10,14-15,32H,3-4,6,11H2,(H,26,30)(H,28,31)/t14-,15+/m0/s1. The van der Waals surface area contributed by atoms with Gasteiger partial charge >= 0.3 is 6.18 Å². The van der Waals surface area contributed by atoms with Crippen LogP contribution in [0.25, 0.3) is 11.0 Å². The fourth-order valence-corrected chi connectivity index (χ4v) is 4.05. The van der Waals surface area contributed by atoms with E-state index in [-0.39, 0.29) is 17.6 Å². The van der Waals surface area contributed by atoms with Crippen molar-refractivity contribution >= 4 is 22.8 Å². The molecule has 4 rings (SSSR count). The van der Waals surface area contributed by atoms with Gasteiger partial charge in [0.25, 0.3) is 5.91 Å². The molecule has 2 atom stereocenters. The lowest BCUT2D eigenvalue weighted by Gasteiger charge is -2.19. The van der Waals surface area contributed by atoms with Crippen LogP contribution in [-0.2, 0) is 17.5 Å². The predicted molar refractivity (Wildman–Crippen MR) is 107 cm³/mol. The zero-order valence-corrected chi connectivity index (χ0v) is 16.8. The largest absolute Gasteiger partial charge is 0.449 e. The Balaban J connectivity index is 1.51. The van der Waals surface area contributed by atoms with Gasteiger partial charge in [-0.2, -0.15) is 13.2 Å². The number of para-hydroxylation sites is 2. The SMILES string of the molecule is O=C(N[C@@H]1CCC[C@@H]1C(=O)NO)c1ccc(Cn2c(C(F)(F)F)nc3ccccc32)nc1. The van der Waals surface area contributed by atoms with E-state index in [0.717, 1.165) is 11.0 Å². The smallest absolute Gasteiger partial charge is 0.348 e. The molecule has 168 valence electrons. The molecule has 11 heteroatoms. The molecule has 0 aliphatic heterocycles. The molecule has 32 heavy (non-hydrogen) atoms. The summed E-state index contributed by atoms with van der Waals surface area (Å²) in [5.41, 5.74) is 2.72. The minimum Gasteiger partial charge on any atom is -0.348 e. The molecule has 2 heterocycles. The van der Waals surface area contributed by atoms with Gasteiger partial charge in [0.05, 0.1) is 34.8 Å². The highest BCUT2D eigenvalue weighted by molar-refractivity contribution is 5.94. The molecule has 3 aromatic rings. The number of amides is 2. The van der Waals surface area contributed by atoms with Crippen molar-refractivity contribution in [2.75, 3.05) is 0 Å². The van der Waals surface area contributed by atoms with Gasteiger partial charge in [-0.1, -0.05) is 18.6 Å². The zero-order valence-electron chi connectivity index (χ0n) is 16.8. The van der Waals surface area contributed by atoms with Crippen LogP contribution in [0, 0.1) is 5.92 Å². The van der Waals surface area contributed by atoms with Crippen molar-refractivity contribution in [3.8, 4) is 0 Å². The number of fused-ring (bicyclic) bond motifs is 1. The van der Waals surface area contributed by atoms with E-state index >= 15 is 0 Å². The third-order valence-electron chi connectivity index (χ3n) is 5.59. The van der Waals surface area contributed by atoms with Crippen molar-refractivity contribution in [2.24, 2.45) is 5.92 Å². The number of hydroxylamine groups is 1. The number of imidazole rings is 1. The number of benzene rings is 1. The summed E-state index contributed by atoms with van der Waals surface area (Å²) in [6.07, 6.45) is -1.45. The molecule has 0 radical (unpaired) electrons. The summed E-state index contributed by atoms with van der Waals surface area (Å²) >= 11 is 0.